The number of halogens is 2. The molecule has 0 unspecified atom stereocenters. The second-order valence-electron chi connectivity index (χ2n) is 7.82. The normalized spacial score (nSPS) is 17.8. The number of nitrogens with two attached hydrogens (primary N) is 1. The standard InChI is InChI=1S/C25H23BrClNO6/c1-31-19-10-14(15(26)11-20(19)33-12-13-6-3-4-7-16(13)27)21-22-17(29)8-5-9-18(22)34-24(28)23(21)25(30)32-2/h3-4,6-7,10-11,21H,5,8-9,12,28H2,1-2H3/t21-/m0/s1. The molecule has 0 fully saturated rings. The van der Waals surface area contributed by atoms with Crippen LogP contribution in [0.15, 0.2) is 63.7 Å². The summed E-state index contributed by atoms with van der Waals surface area (Å²) in [6.45, 7) is 0.229. The van der Waals surface area contributed by atoms with Gasteiger partial charge in [-0.1, -0.05) is 45.7 Å². The highest BCUT2D eigenvalue weighted by Gasteiger charge is 2.42. The van der Waals surface area contributed by atoms with Crippen LogP contribution < -0.4 is 15.2 Å². The molecule has 4 rings (SSSR count). The Balaban J connectivity index is 1.78. The molecule has 2 aromatic carbocycles. The van der Waals surface area contributed by atoms with E-state index < -0.39 is 11.9 Å². The number of esters is 1. The van der Waals surface area contributed by atoms with E-state index >= 15 is 0 Å². The minimum absolute atomic E-state index is 0.0731. The van der Waals surface area contributed by atoms with Gasteiger partial charge in [-0.3, -0.25) is 4.79 Å². The number of carbonyl (C=O) groups excluding carboxylic acids is 2. The first kappa shape index (κ1) is 24.2. The van der Waals surface area contributed by atoms with Gasteiger partial charge in [0.2, 0.25) is 5.88 Å². The number of hydrogen-bond donors (Lipinski definition) is 1. The fourth-order valence-corrected chi connectivity index (χ4v) is 4.93. The number of allylic oxidation sites excluding steroid dienone is 2. The number of carbonyl (C=O) groups is 2. The van der Waals surface area contributed by atoms with Gasteiger partial charge in [-0.05, 0) is 30.2 Å². The van der Waals surface area contributed by atoms with Crippen molar-refractivity contribution >= 4 is 39.3 Å². The Kier molecular flexibility index (Phi) is 7.19. The van der Waals surface area contributed by atoms with Crippen LogP contribution in [-0.2, 0) is 25.7 Å². The zero-order chi connectivity index (χ0) is 24.4. The molecule has 0 saturated carbocycles. The van der Waals surface area contributed by atoms with Crippen LogP contribution in [0.4, 0.5) is 0 Å². The highest BCUT2D eigenvalue weighted by Crippen LogP contribution is 2.48. The molecule has 1 atom stereocenters. The lowest BCUT2D eigenvalue weighted by atomic mass is 9.77. The topological polar surface area (TPSA) is 97.1 Å². The second-order valence-corrected chi connectivity index (χ2v) is 9.08. The first-order valence-electron chi connectivity index (χ1n) is 10.6. The smallest absolute Gasteiger partial charge is 0.340 e. The molecule has 0 bridgehead atoms. The summed E-state index contributed by atoms with van der Waals surface area (Å²) in [6.07, 6.45) is 1.58. The van der Waals surface area contributed by atoms with E-state index in [9.17, 15) is 9.59 Å². The molecule has 7 nitrogen and oxygen atoms in total. The average Bonchev–Trinajstić information content (AvgIpc) is 2.82. The molecule has 1 aliphatic heterocycles. The van der Waals surface area contributed by atoms with Crippen LogP contribution in [0.25, 0.3) is 0 Å². The van der Waals surface area contributed by atoms with Gasteiger partial charge in [0.15, 0.2) is 17.3 Å². The largest absolute Gasteiger partial charge is 0.493 e. The number of benzene rings is 2. The van der Waals surface area contributed by atoms with E-state index in [1.54, 1.807) is 18.2 Å². The molecule has 0 amide bonds. The molecule has 2 aliphatic rings. The summed E-state index contributed by atoms with van der Waals surface area (Å²) in [4.78, 5) is 25.7. The van der Waals surface area contributed by atoms with Gasteiger partial charge in [0.25, 0.3) is 0 Å². The van der Waals surface area contributed by atoms with Crippen molar-refractivity contribution < 1.29 is 28.5 Å². The van der Waals surface area contributed by atoms with Crippen LogP contribution in [-0.4, -0.2) is 26.0 Å². The molecule has 1 aliphatic carbocycles. The predicted molar refractivity (Wildman–Crippen MR) is 129 cm³/mol. The Hall–Kier alpha value is -2.97. The number of Topliss-reactive ketones (excluding diaryl/α,β-unsaturated/α-hetero) is 1. The van der Waals surface area contributed by atoms with E-state index in [0.29, 0.717) is 57.2 Å². The fraction of sp³-hybridized carbons (Fsp3) is 0.280. The van der Waals surface area contributed by atoms with Crippen molar-refractivity contribution in [3.8, 4) is 11.5 Å². The van der Waals surface area contributed by atoms with Crippen molar-refractivity contribution in [2.24, 2.45) is 5.73 Å². The summed E-state index contributed by atoms with van der Waals surface area (Å²) in [5.41, 5.74) is 8.05. The SMILES string of the molecule is COC(=O)C1=C(N)OC2=C(C(=O)CCC2)[C@@H]1c1cc(OC)c(OCc2ccccc2Cl)cc1Br. The van der Waals surface area contributed by atoms with Crippen LogP contribution in [0.2, 0.25) is 5.02 Å². The van der Waals surface area contributed by atoms with Gasteiger partial charge in [0.1, 0.15) is 17.9 Å². The van der Waals surface area contributed by atoms with Crippen molar-refractivity contribution in [1.29, 1.82) is 0 Å². The van der Waals surface area contributed by atoms with Crippen molar-refractivity contribution in [3.05, 3.63) is 79.8 Å². The summed E-state index contributed by atoms with van der Waals surface area (Å²) in [7, 11) is 2.77. The fourth-order valence-electron chi connectivity index (χ4n) is 4.19. The van der Waals surface area contributed by atoms with Gasteiger partial charge in [-0.15, -0.1) is 0 Å². The summed E-state index contributed by atoms with van der Waals surface area (Å²) < 4.78 is 22.9. The molecule has 0 radical (unpaired) electrons. The van der Waals surface area contributed by atoms with Crippen LogP contribution in [0.3, 0.4) is 0 Å². The third kappa shape index (κ3) is 4.52. The molecule has 2 N–H and O–H groups in total. The van der Waals surface area contributed by atoms with Gasteiger partial charge in [-0.2, -0.15) is 0 Å². The lowest BCUT2D eigenvalue weighted by Crippen LogP contribution is -2.31. The Bertz CT molecular complexity index is 1220. The first-order chi connectivity index (χ1) is 16.3. The molecule has 9 heteroatoms. The van der Waals surface area contributed by atoms with Gasteiger partial charge in [0, 0.05) is 33.5 Å². The summed E-state index contributed by atoms with van der Waals surface area (Å²) in [6, 6.07) is 10.9. The number of ketones is 1. The van der Waals surface area contributed by atoms with Gasteiger partial charge < -0.3 is 24.7 Å². The number of rotatable bonds is 6. The molecular weight excluding hydrogens is 526 g/mol. The van der Waals surface area contributed by atoms with E-state index in [4.69, 9.17) is 36.3 Å². The van der Waals surface area contributed by atoms with Crippen molar-refractivity contribution in [2.45, 2.75) is 31.8 Å². The maximum Gasteiger partial charge on any atom is 0.340 e. The highest BCUT2D eigenvalue weighted by molar-refractivity contribution is 9.10. The number of ether oxygens (including phenoxy) is 4. The third-order valence-electron chi connectivity index (χ3n) is 5.82. The van der Waals surface area contributed by atoms with Crippen molar-refractivity contribution in [3.63, 3.8) is 0 Å². The van der Waals surface area contributed by atoms with Crippen LogP contribution in [0.5, 0.6) is 11.5 Å². The maximum atomic E-state index is 13.0. The highest BCUT2D eigenvalue weighted by atomic mass is 79.9. The van der Waals surface area contributed by atoms with E-state index in [0.717, 1.165) is 5.56 Å². The average molecular weight is 549 g/mol. The van der Waals surface area contributed by atoms with Crippen LogP contribution in [0, 0.1) is 0 Å². The predicted octanol–water partition coefficient (Wildman–Crippen LogP) is 5.15. The number of hydrogen-bond acceptors (Lipinski definition) is 7. The monoisotopic (exact) mass is 547 g/mol. The van der Waals surface area contributed by atoms with Gasteiger partial charge in [0.05, 0.1) is 20.1 Å². The summed E-state index contributed by atoms with van der Waals surface area (Å²) in [5.74, 6) is -0.241. The van der Waals surface area contributed by atoms with Crippen molar-refractivity contribution in [1.82, 2.24) is 0 Å². The first-order valence-corrected chi connectivity index (χ1v) is 11.8. The van der Waals surface area contributed by atoms with Crippen molar-refractivity contribution in [2.75, 3.05) is 14.2 Å². The Morgan fingerprint density at radius 2 is 1.97 bits per heavy atom. The zero-order valence-electron chi connectivity index (χ0n) is 18.7. The minimum Gasteiger partial charge on any atom is -0.493 e. The Labute approximate surface area is 210 Å². The van der Waals surface area contributed by atoms with Crippen LogP contribution in [0.1, 0.15) is 36.3 Å². The zero-order valence-corrected chi connectivity index (χ0v) is 21.0. The third-order valence-corrected chi connectivity index (χ3v) is 6.88. The molecule has 2 aromatic rings. The number of methoxy groups -OCH3 is 2. The molecule has 0 aromatic heterocycles. The van der Waals surface area contributed by atoms with E-state index in [-0.39, 0.29) is 23.8 Å². The summed E-state index contributed by atoms with van der Waals surface area (Å²) in [5, 5.41) is 0.595. The molecule has 1 heterocycles. The Morgan fingerprint density at radius 3 is 2.68 bits per heavy atom. The lowest BCUT2D eigenvalue weighted by molar-refractivity contribution is -0.136. The molecule has 178 valence electrons. The van der Waals surface area contributed by atoms with E-state index in [1.165, 1.54) is 14.2 Å². The van der Waals surface area contributed by atoms with E-state index in [2.05, 4.69) is 15.9 Å². The van der Waals surface area contributed by atoms with Gasteiger partial charge in [-0.25, -0.2) is 4.79 Å². The van der Waals surface area contributed by atoms with E-state index in [1.807, 2.05) is 18.2 Å². The van der Waals surface area contributed by atoms with Crippen LogP contribution >= 0.6 is 27.5 Å². The summed E-state index contributed by atoms with van der Waals surface area (Å²) >= 11 is 9.83. The lowest BCUT2D eigenvalue weighted by Gasteiger charge is -2.33. The maximum absolute atomic E-state index is 13.0. The molecule has 0 spiro atoms. The molecule has 34 heavy (non-hydrogen) atoms. The quantitative estimate of drug-likeness (QED) is 0.498. The van der Waals surface area contributed by atoms with Gasteiger partial charge >= 0.3 is 5.97 Å². The minimum atomic E-state index is -0.773. The Morgan fingerprint density at radius 1 is 1.21 bits per heavy atom. The molecule has 0 saturated heterocycles. The molecular formula is C25H23BrClNO6. The second kappa shape index (κ2) is 10.1.